The van der Waals surface area contributed by atoms with Crippen molar-refractivity contribution < 1.29 is 14.7 Å². The fraction of sp³-hybridized carbons (Fsp3) is 0.630. The number of benzene rings is 1. The van der Waals surface area contributed by atoms with Crippen LogP contribution < -0.4 is 0 Å². The molecule has 6 atom stereocenters. The quantitative estimate of drug-likeness (QED) is 0.372. The van der Waals surface area contributed by atoms with Gasteiger partial charge in [-0.05, 0) is 93.1 Å². The first-order chi connectivity index (χ1) is 15.1. The van der Waals surface area contributed by atoms with Crippen molar-refractivity contribution in [1.29, 1.82) is 0 Å². The largest absolute Gasteiger partial charge is 0.462 e. The average Bonchev–Trinajstić information content (AvgIpc) is 3.13. The van der Waals surface area contributed by atoms with Crippen molar-refractivity contribution in [2.75, 3.05) is 0 Å². The smallest absolute Gasteiger partial charge is 0.306 e. The number of hydrogen-bond donors (Lipinski definition) is 1. The monoisotopic (exact) mass is 421 g/mol. The maximum absolute atomic E-state index is 12.7. The number of nitrogens with zero attached hydrogens (tertiary/aromatic N) is 1. The van der Waals surface area contributed by atoms with Crippen LogP contribution in [-0.4, -0.2) is 23.0 Å². The van der Waals surface area contributed by atoms with Crippen LogP contribution in [-0.2, 0) is 16.0 Å². The summed E-state index contributed by atoms with van der Waals surface area (Å²) in [6.07, 6.45) is 12.5. The second-order valence-corrected chi connectivity index (χ2v) is 10.5. The molecule has 0 heterocycles. The molecule has 0 spiro atoms. The topological polar surface area (TPSA) is 58.9 Å². The van der Waals surface area contributed by atoms with E-state index in [4.69, 9.17) is 4.74 Å². The normalized spacial score (nSPS) is 38.0. The highest BCUT2D eigenvalue weighted by Gasteiger charge is 2.57. The molecule has 4 aliphatic rings. The molecule has 0 aromatic heterocycles. The lowest BCUT2D eigenvalue weighted by Crippen LogP contribution is -2.48. The molecule has 4 heteroatoms. The molecule has 1 N–H and O–H groups in total. The van der Waals surface area contributed by atoms with E-state index in [-0.39, 0.29) is 17.5 Å². The van der Waals surface area contributed by atoms with Crippen LogP contribution in [0.5, 0.6) is 0 Å². The summed E-state index contributed by atoms with van der Waals surface area (Å²) in [5, 5.41) is 12.6. The number of rotatable bonds is 4. The molecule has 3 saturated carbocycles. The zero-order valence-corrected chi connectivity index (χ0v) is 18.6. The van der Waals surface area contributed by atoms with E-state index in [0.29, 0.717) is 18.3 Å². The molecule has 0 amide bonds. The van der Waals surface area contributed by atoms with E-state index in [1.54, 1.807) is 0 Å². The highest BCUT2D eigenvalue weighted by atomic mass is 16.5. The number of esters is 1. The summed E-state index contributed by atoms with van der Waals surface area (Å²) >= 11 is 0. The molecule has 4 nitrogen and oxygen atoms in total. The summed E-state index contributed by atoms with van der Waals surface area (Å²) in [5.74, 6) is 2.82. The van der Waals surface area contributed by atoms with Gasteiger partial charge in [0.05, 0.1) is 5.71 Å². The van der Waals surface area contributed by atoms with E-state index < -0.39 is 0 Å². The molecule has 1 aromatic carbocycles. The third-order valence-corrected chi connectivity index (χ3v) is 9.09. The van der Waals surface area contributed by atoms with E-state index in [1.165, 1.54) is 36.8 Å². The minimum Gasteiger partial charge on any atom is -0.462 e. The van der Waals surface area contributed by atoms with E-state index >= 15 is 0 Å². The molecule has 31 heavy (non-hydrogen) atoms. The van der Waals surface area contributed by atoms with Crippen LogP contribution in [0.25, 0.3) is 0 Å². The molecule has 0 bridgehead atoms. The third-order valence-electron chi connectivity index (χ3n) is 9.09. The Morgan fingerprint density at radius 2 is 1.94 bits per heavy atom. The number of allylic oxidation sites excluding steroid dienone is 2. The van der Waals surface area contributed by atoms with Gasteiger partial charge >= 0.3 is 5.97 Å². The lowest BCUT2D eigenvalue weighted by atomic mass is 9.52. The molecule has 1 aromatic rings. The van der Waals surface area contributed by atoms with E-state index in [0.717, 1.165) is 49.7 Å². The molecule has 0 aliphatic heterocycles. The van der Waals surface area contributed by atoms with Gasteiger partial charge in [-0.15, -0.1) is 0 Å². The van der Waals surface area contributed by atoms with Crippen molar-refractivity contribution in [2.24, 2.45) is 34.2 Å². The van der Waals surface area contributed by atoms with Crippen LogP contribution in [0.3, 0.4) is 0 Å². The molecule has 0 radical (unpaired) electrons. The minimum absolute atomic E-state index is 0.0326. The average molecular weight is 422 g/mol. The molecule has 0 unspecified atom stereocenters. The van der Waals surface area contributed by atoms with Gasteiger partial charge < -0.3 is 9.94 Å². The predicted octanol–water partition coefficient (Wildman–Crippen LogP) is 5.93. The van der Waals surface area contributed by atoms with Crippen LogP contribution in [0.15, 0.2) is 47.1 Å². The molecule has 4 aliphatic carbocycles. The van der Waals surface area contributed by atoms with Gasteiger partial charge in [0.1, 0.15) is 6.10 Å². The SMILES string of the molecule is C[C@]12CC[C@H]3[C@@H](CCC4=C/C(=N/O)CC[C@@H]43)[C@@H]1CC[C@@H]2OC(=O)CCc1ccccc1. The Kier molecular flexibility index (Phi) is 5.66. The highest BCUT2D eigenvalue weighted by molar-refractivity contribution is 5.96. The number of fused-ring (bicyclic) bond motifs is 5. The summed E-state index contributed by atoms with van der Waals surface area (Å²) < 4.78 is 6.13. The Bertz CT molecular complexity index is 876. The molecule has 0 saturated heterocycles. The van der Waals surface area contributed by atoms with Gasteiger partial charge in [0.2, 0.25) is 0 Å². The van der Waals surface area contributed by atoms with E-state index in [2.05, 4.69) is 30.3 Å². The minimum atomic E-state index is -0.0326. The molecular weight excluding hydrogens is 386 g/mol. The second kappa shape index (κ2) is 8.44. The van der Waals surface area contributed by atoms with Gasteiger partial charge in [0.15, 0.2) is 0 Å². The van der Waals surface area contributed by atoms with Gasteiger partial charge in [0.25, 0.3) is 0 Å². The van der Waals surface area contributed by atoms with Gasteiger partial charge in [0, 0.05) is 11.8 Å². The van der Waals surface area contributed by atoms with Crippen molar-refractivity contribution in [3.8, 4) is 0 Å². The van der Waals surface area contributed by atoms with Crippen LogP contribution >= 0.6 is 0 Å². The lowest BCUT2D eigenvalue weighted by molar-refractivity contribution is -0.158. The first kappa shape index (κ1) is 20.8. The van der Waals surface area contributed by atoms with Crippen LogP contribution in [0, 0.1) is 29.1 Å². The van der Waals surface area contributed by atoms with Crippen molar-refractivity contribution in [3.05, 3.63) is 47.5 Å². The Morgan fingerprint density at radius 1 is 1.10 bits per heavy atom. The Morgan fingerprint density at radius 3 is 2.74 bits per heavy atom. The maximum Gasteiger partial charge on any atom is 0.306 e. The van der Waals surface area contributed by atoms with Crippen molar-refractivity contribution in [3.63, 3.8) is 0 Å². The fourth-order valence-corrected chi connectivity index (χ4v) is 7.53. The fourth-order valence-electron chi connectivity index (χ4n) is 7.53. The first-order valence-corrected chi connectivity index (χ1v) is 12.2. The highest BCUT2D eigenvalue weighted by Crippen LogP contribution is 2.62. The third kappa shape index (κ3) is 3.83. The lowest BCUT2D eigenvalue weighted by Gasteiger charge is -2.53. The molecule has 5 rings (SSSR count). The summed E-state index contributed by atoms with van der Waals surface area (Å²) in [5.41, 5.74) is 3.71. The molecule has 166 valence electrons. The van der Waals surface area contributed by atoms with Crippen LogP contribution in [0.2, 0.25) is 0 Å². The van der Waals surface area contributed by atoms with Gasteiger partial charge in [-0.2, -0.15) is 0 Å². The van der Waals surface area contributed by atoms with Crippen LogP contribution in [0.4, 0.5) is 0 Å². The summed E-state index contributed by atoms with van der Waals surface area (Å²) in [6, 6.07) is 10.2. The number of ether oxygens (including phenoxy) is 1. The zero-order valence-electron chi connectivity index (χ0n) is 18.6. The maximum atomic E-state index is 12.7. The Hall–Kier alpha value is -2.10. The van der Waals surface area contributed by atoms with Gasteiger partial charge in [-0.1, -0.05) is 48.0 Å². The number of carbonyl (C=O) groups is 1. The van der Waals surface area contributed by atoms with Crippen LogP contribution in [0.1, 0.15) is 70.3 Å². The number of oxime groups is 1. The number of carbonyl (C=O) groups excluding carboxylic acids is 1. The van der Waals surface area contributed by atoms with E-state index in [1.807, 2.05) is 18.2 Å². The zero-order chi connectivity index (χ0) is 21.4. The Labute approximate surface area is 185 Å². The van der Waals surface area contributed by atoms with Crippen molar-refractivity contribution >= 4 is 11.7 Å². The van der Waals surface area contributed by atoms with Crippen molar-refractivity contribution in [1.82, 2.24) is 0 Å². The summed E-state index contributed by atoms with van der Waals surface area (Å²) in [4.78, 5) is 12.7. The standard InChI is InChI=1S/C27H35NO3/c1-27-16-15-22-21-11-9-20(28-30)17-19(21)8-10-23(22)24(27)12-13-25(27)31-26(29)14-7-18-5-3-2-4-6-18/h2-6,17,21-25,30H,7-16H2,1H3/b28-20+/t21-,22+,23+,24-,25-,27-/m0/s1. The first-order valence-electron chi connectivity index (χ1n) is 12.2. The Balaban J connectivity index is 1.23. The second-order valence-electron chi connectivity index (χ2n) is 10.5. The van der Waals surface area contributed by atoms with Gasteiger partial charge in [-0.3, -0.25) is 4.79 Å². The predicted molar refractivity (Wildman–Crippen MR) is 121 cm³/mol. The number of hydrogen-bond acceptors (Lipinski definition) is 4. The molecular formula is C27H35NO3. The number of aryl methyl sites for hydroxylation is 1. The summed E-state index contributed by atoms with van der Waals surface area (Å²) in [6.45, 7) is 2.40. The van der Waals surface area contributed by atoms with E-state index in [9.17, 15) is 10.0 Å². The summed E-state index contributed by atoms with van der Waals surface area (Å²) in [7, 11) is 0. The molecule has 3 fully saturated rings. The van der Waals surface area contributed by atoms with Gasteiger partial charge in [-0.25, -0.2) is 0 Å². The van der Waals surface area contributed by atoms with Crippen molar-refractivity contribution in [2.45, 2.75) is 77.2 Å².